The monoisotopic (exact) mass is 308 g/mol. The number of pyridine rings is 1. The van der Waals surface area contributed by atoms with E-state index < -0.39 is 15.8 Å². The van der Waals surface area contributed by atoms with Crippen LogP contribution in [0.5, 0.6) is 0 Å². The molecule has 21 heavy (non-hydrogen) atoms. The maximum absolute atomic E-state index is 12.9. The molecule has 0 aliphatic rings. The van der Waals surface area contributed by atoms with Gasteiger partial charge in [-0.2, -0.15) is 0 Å². The van der Waals surface area contributed by atoms with Gasteiger partial charge in [-0.3, -0.25) is 9.71 Å². The molecule has 0 fully saturated rings. The summed E-state index contributed by atoms with van der Waals surface area (Å²) in [5.74, 6) is -0.479. The number of anilines is 1. The van der Waals surface area contributed by atoms with Crippen LogP contribution in [0.15, 0.2) is 47.5 Å². The molecule has 0 atom stereocenters. The lowest BCUT2D eigenvalue weighted by Crippen LogP contribution is -2.16. The molecule has 0 unspecified atom stereocenters. The number of halogens is 1. The molecular weight excluding hydrogens is 291 g/mol. The van der Waals surface area contributed by atoms with E-state index in [1.54, 1.807) is 18.3 Å². The molecule has 6 heteroatoms. The van der Waals surface area contributed by atoms with Crippen LogP contribution in [0.3, 0.4) is 0 Å². The first-order chi connectivity index (χ1) is 9.68. The minimum absolute atomic E-state index is 0.0121. The first-order valence-corrected chi connectivity index (χ1v) is 7.92. The molecule has 0 spiro atoms. The van der Waals surface area contributed by atoms with Gasteiger partial charge in [0.1, 0.15) is 5.82 Å². The molecule has 1 heterocycles. The standard InChI is InChI=1S/C15H17FN2O2S/c1-15(2,3)14-10-12(8-9-17-14)18-21(19,20)13-6-4-11(16)5-7-13/h4-10H,1-3H3,(H,17,18). The van der Waals surface area contributed by atoms with Crippen molar-refractivity contribution in [2.45, 2.75) is 31.1 Å². The van der Waals surface area contributed by atoms with Gasteiger partial charge in [-0.15, -0.1) is 0 Å². The molecule has 0 saturated heterocycles. The van der Waals surface area contributed by atoms with Crippen LogP contribution in [0.4, 0.5) is 10.1 Å². The van der Waals surface area contributed by atoms with Crippen LogP contribution in [0.25, 0.3) is 0 Å². The van der Waals surface area contributed by atoms with Crippen molar-refractivity contribution in [3.8, 4) is 0 Å². The average Bonchev–Trinajstić information content (AvgIpc) is 2.38. The highest BCUT2D eigenvalue weighted by Crippen LogP contribution is 2.23. The Labute approximate surface area is 124 Å². The molecule has 0 aliphatic heterocycles. The van der Waals surface area contributed by atoms with Gasteiger partial charge >= 0.3 is 0 Å². The second-order valence-corrected chi connectivity index (χ2v) is 7.42. The van der Waals surface area contributed by atoms with Crippen LogP contribution in [0, 0.1) is 5.82 Å². The average molecular weight is 308 g/mol. The third-order valence-electron chi connectivity index (χ3n) is 2.90. The van der Waals surface area contributed by atoms with Crippen molar-refractivity contribution in [1.82, 2.24) is 4.98 Å². The van der Waals surface area contributed by atoms with Crippen LogP contribution in [-0.2, 0) is 15.4 Å². The summed E-state index contributed by atoms with van der Waals surface area (Å²) in [5.41, 5.74) is 1.03. The molecule has 0 bridgehead atoms. The van der Waals surface area contributed by atoms with Gasteiger partial charge in [-0.1, -0.05) is 20.8 Å². The Bertz CT molecular complexity index is 735. The van der Waals surface area contributed by atoms with Crippen LogP contribution in [-0.4, -0.2) is 13.4 Å². The number of benzene rings is 1. The predicted molar refractivity (Wildman–Crippen MR) is 80.1 cm³/mol. The van der Waals surface area contributed by atoms with Crippen LogP contribution < -0.4 is 4.72 Å². The number of nitrogens with one attached hydrogen (secondary N) is 1. The van der Waals surface area contributed by atoms with E-state index in [2.05, 4.69) is 9.71 Å². The van der Waals surface area contributed by atoms with Gasteiger partial charge in [-0.05, 0) is 36.4 Å². The lowest BCUT2D eigenvalue weighted by atomic mass is 9.91. The van der Waals surface area contributed by atoms with E-state index in [9.17, 15) is 12.8 Å². The van der Waals surface area contributed by atoms with E-state index in [-0.39, 0.29) is 10.3 Å². The first kappa shape index (κ1) is 15.4. The SMILES string of the molecule is CC(C)(C)c1cc(NS(=O)(=O)c2ccc(F)cc2)ccn1. The smallest absolute Gasteiger partial charge is 0.261 e. The number of sulfonamides is 1. The minimum Gasteiger partial charge on any atom is -0.280 e. The van der Waals surface area contributed by atoms with Crippen molar-refractivity contribution in [1.29, 1.82) is 0 Å². The summed E-state index contributed by atoms with van der Waals surface area (Å²) in [6.45, 7) is 5.98. The molecule has 112 valence electrons. The predicted octanol–water partition coefficient (Wildman–Crippen LogP) is 3.32. The largest absolute Gasteiger partial charge is 0.280 e. The van der Waals surface area contributed by atoms with Crippen molar-refractivity contribution in [3.63, 3.8) is 0 Å². The van der Waals surface area contributed by atoms with Crippen molar-refractivity contribution in [2.75, 3.05) is 4.72 Å². The van der Waals surface area contributed by atoms with Gasteiger partial charge in [0.25, 0.3) is 10.0 Å². The van der Waals surface area contributed by atoms with E-state index in [0.29, 0.717) is 5.69 Å². The molecule has 0 amide bonds. The highest BCUT2D eigenvalue weighted by molar-refractivity contribution is 7.92. The number of rotatable bonds is 3. The third kappa shape index (κ3) is 3.78. The molecule has 1 N–H and O–H groups in total. The van der Waals surface area contributed by atoms with E-state index in [4.69, 9.17) is 0 Å². The first-order valence-electron chi connectivity index (χ1n) is 6.43. The lowest BCUT2D eigenvalue weighted by Gasteiger charge is -2.18. The number of nitrogens with zero attached hydrogens (tertiary/aromatic N) is 1. The fraction of sp³-hybridized carbons (Fsp3) is 0.267. The Balaban J connectivity index is 2.31. The van der Waals surface area contributed by atoms with Gasteiger partial charge in [0.05, 0.1) is 10.6 Å². The number of aromatic nitrogens is 1. The van der Waals surface area contributed by atoms with Crippen molar-refractivity contribution in [3.05, 3.63) is 54.1 Å². The van der Waals surface area contributed by atoms with Crippen molar-refractivity contribution < 1.29 is 12.8 Å². The molecule has 0 radical (unpaired) electrons. The molecular formula is C15H17FN2O2S. The summed E-state index contributed by atoms with van der Waals surface area (Å²) in [4.78, 5) is 4.25. The zero-order chi connectivity index (χ0) is 15.7. The Morgan fingerprint density at radius 2 is 1.71 bits per heavy atom. The lowest BCUT2D eigenvalue weighted by molar-refractivity contribution is 0.569. The molecule has 1 aromatic heterocycles. The summed E-state index contributed by atoms with van der Waals surface area (Å²) in [6, 6.07) is 7.95. The summed E-state index contributed by atoms with van der Waals surface area (Å²) in [5, 5.41) is 0. The fourth-order valence-electron chi connectivity index (χ4n) is 1.73. The van der Waals surface area contributed by atoms with Crippen LogP contribution in [0.1, 0.15) is 26.5 Å². The maximum Gasteiger partial charge on any atom is 0.261 e. The Kier molecular flexibility index (Phi) is 4.00. The second kappa shape index (κ2) is 5.44. The maximum atomic E-state index is 12.9. The summed E-state index contributed by atoms with van der Waals surface area (Å²) in [6.07, 6.45) is 1.56. The van der Waals surface area contributed by atoms with Gasteiger partial charge in [0.15, 0.2) is 0 Å². The van der Waals surface area contributed by atoms with E-state index in [0.717, 1.165) is 17.8 Å². The van der Waals surface area contributed by atoms with Gasteiger partial charge < -0.3 is 0 Å². The van der Waals surface area contributed by atoms with E-state index in [1.807, 2.05) is 20.8 Å². The van der Waals surface area contributed by atoms with Crippen molar-refractivity contribution in [2.24, 2.45) is 0 Å². The normalized spacial score (nSPS) is 12.2. The molecule has 0 saturated carbocycles. The number of hydrogen-bond donors (Lipinski definition) is 1. The zero-order valence-electron chi connectivity index (χ0n) is 12.1. The third-order valence-corrected chi connectivity index (χ3v) is 4.30. The quantitative estimate of drug-likeness (QED) is 0.946. The summed E-state index contributed by atoms with van der Waals surface area (Å²) < 4.78 is 39.8. The van der Waals surface area contributed by atoms with Crippen LogP contribution >= 0.6 is 0 Å². The molecule has 2 aromatic rings. The highest BCUT2D eigenvalue weighted by atomic mass is 32.2. The molecule has 4 nitrogen and oxygen atoms in total. The molecule has 2 rings (SSSR count). The van der Waals surface area contributed by atoms with Crippen LogP contribution in [0.2, 0.25) is 0 Å². The molecule has 1 aromatic carbocycles. The Morgan fingerprint density at radius 1 is 1.10 bits per heavy atom. The highest BCUT2D eigenvalue weighted by Gasteiger charge is 2.18. The van der Waals surface area contributed by atoms with Gasteiger partial charge in [0.2, 0.25) is 0 Å². The van der Waals surface area contributed by atoms with Crippen molar-refractivity contribution >= 4 is 15.7 Å². The Hall–Kier alpha value is -1.95. The Morgan fingerprint density at radius 3 is 2.29 bits per heavy atom. The van der Waals surface area contributed by atoms with Gasteiger partial charge in [-0.25, -0.2) is 12.8 Å². The number of hydrogen-bond acceptors (Lipinski definition) is 3. The minimum atomic E-state index is -3.74. The fourth-order valence-corrected chi connectivity index (χ4v) is 2.78. The van der Waals surface area contributed by atoms with E-state index >= 15 is 0 Å². The van der Waals surface area contributed by atoms with E-state index in [1.165, 1.54) is 12.1 Å². The topological polar surface area (TPSA) is 59.1 Å². The zero-order valence-corrected chi connectivity index (χ0v) is 12.9. The summed E-state index contributed by atoms with van der Waals surface area (Å²) >= 11 is 0. The second-order valence-electron chi connectivity index (χ2n) is 5.74. The van der Waals surface area contributed by atoms with Gasteiger partial charge in [0, 0.05) is 17.3 Å². The summed E-state index contributed by atoms with van der Waals surface area (Å²) in [7, 11) is -3.74. The molecule has 0 aliphatic carbocycles.